The van der Waals surface area contributed by atoms with Gasteiger partial charge in [0.1, 0.15) is 11.4 Å². The maximum Gasteiger partial charge on any atom is 0.410 e. The highest BCUT2D eigenvalue weighted by atomic mass is 19.1. The van der Waals surface area contributed by atoms with Gasteiger partial charge in [0.25, 0.3) is 5.91 Å². The molecule has 1 fully saturated rings. The Morgan fingerprint density at radius 2 is 1.97 bits per heavy atom. The van der Waals surface area contributed by atoms with Crippen molar-refractivity contribution in [1.29, 1.82) is 0 Å². The summed E-state index contributed by atoms with van der Waals surface area (Å²) in [6.45, 7) is 9.52. The number of benzene rings is 1. The van der Waals surface area contributed by atoms with Gasteiger partial charge in [-0.25, -0.2) is 9.18 Å². The van der Waals surface area contributed by atoms with Crippen LogP contribution in [0.4, 0.5) is 9.18 Å². The number of nitrogens with zero attached hydrogens (tertiary/aromatic N) is 3. The van der Waals surface area contributed by atoms with Crippen molar-refractivity contribution >= 4 is 22.9 Å². The van der Waals surface area contributed by atoms with Crippen molar-refractivity contribution in [3.8, 4) is 0 Å². The molecule has 1 aliphatic heterocycles. The summed E-state index contributed by atoms with van der Waals surface area (Å²) in [6.07, 6.45) is -1.34. The van der Waals surface area contributed by atoms with E-state index < -0.39 is 35.1 Å². The van der Waals surface area contributed by atoms with Crippen LogP contribution in [0.1, 0.15) is 40.3 Å². The van der Waals surface area contributed by atoms with Crippen LogP contribution in [0.3, 0.4) is 0 Å². The zero-order valence-corrected chi connectivity index (χ0v) is 18.3. The van der Waals surface area contributed by atoms with Gasteiger partial charge in [-0.3, -0.25) is 9.48 Å². The van der Waals surface area contributed by atoms with Gasteiger partial charge in [-0.05, 0) is 46.8 Å². The van der Waals surface area contributed by atoms with E-state index in [9.17, 15) is 14.0 Å². The highest BCUT2D eigenvalue weighted by Gasteiger charge is 2.36. The van der Waals surface area contributed by atoms with Gasteiger partial charge < -0.3 is 19.7 Å². The number of nitrogens with one attached hydrogen (secondary N) is 1. The third kappa shape index (κ3) is 4.56. The first-order valence-electron chi connectivity index (χ1n) is 9.92. The molecule has 0 radical (unpaired) electrons. The van der Waals surface area contributed by atoms with Crippen molar-refractivity contribution < 1.29 is 23.5 Å². The lowest BCUT2D eigenvalue weighted by Crippen LogP contribution is -2.55. The average molecular weight is 420 g/mol. The number of aromatic nitrogens is 2. The lowest BCUT2D eigenvalue weighted by molar-refractivity contribution is -0.139. The molecular formula is C21H29FN4O4. The van der Waals surface area contributed by atoms with E-state index >= 15 is 0 Å². The van der Waals surface area contributed by atoms with E-state index in [1.165, 1.54) is 11.0 Å². The maximum atomic E-state index is 14.5. The largest absolute Gasteiger partial charge is 0.444 e. The molecule has 2 aromatic rings. The van der Waals surface area contributed by atoms with Crippen LogP contribution in [0, 0.1) is 5.82 Å². The number of aryl methyl sites for hydroxylation is 1. The van der Waals surface area contributed by atoms with Crippen LogP contribution in [0.5, 0.6) is 0 Å². The monoisotopic (exact) mass is 420 g/mol. The zero-order valence-electron chi connectivity index (χ0n) is 18.3. The van der Waals surface area contributed by atoms with Gasteiger partial charge >= 0.3 is 6.09 Å². The number of rotatable bonds is 3. The van der Waals surface area contributed by atoms with Gasteiger partial charge in [-0.1, -0.05) is 6.07 Å². The number of hydrogen-bond donors (Lipinski definition) is 1. The fraction of sp³-hybridized carbons (Fsp3) is 0.571. The Kier molecular flexibility index (Phi) is 5.77. The number of carbonyl (C=O) groups excluding carboxylic acids is 2. The summed E-state index contributed by atoms with van der Waals surface area (Å²) in [5.41, 5.74) is -0.529. The minimum atomic E-state index is -0.962. The predicted octanol–water partition coefficient (Wildman–Crippen LogP) is 2.70. The van der Waals surface area contributed by atoms with E-state index in [1.807, 2.05) is 0 Å². The fourth-order valence-corrected chi connectivity index (χ4v) is 3.46. The van der Waals surface area contributed by atoms with Crippen molar-refractivity contribution in [2.75, 3.05) is 19.7 Å². The van der Waals surface area contributed by atoms with Crippen LogP contribution in [0.25, 0.3) is 10.9 Å². The Balaban J connectivity index is 1.76. The molecule has 2 heterocycles. The van der Waals surface area contributed by atoms with Crippen LogP contribution < -0.4 is 5.32 Å². The number of halogens is 1. The van der Waals surface area contributed by atoms with Gasteiger partial charge in [-0.2, -0.15) is 5.10 Å². The third-order valence-corrected chi connectivity index (χ3v) is 4.87. The van der Waals surface area contributed by atoms with Crippen molar-refractivity contribution in [1.82, 2.24) is 20.0 Å². The highest BCUT2D eigenvalue weighted by Crippen LogP contribution is 2.29. The smallest absolute Gasteiger partial charge is 0.410 e. The molecule has 0 saturated carbocycles. The Bertz CT molecular complexity index is 964. The molecule has 0 aliphatic carbocycles. The number of hydrogen-bond acceptors (Lipinski definition) is 5. The van der Waals surface area contributed by atoms with Gasteiger partial charge in [0.2, 0.25) is 0 Å². The third-order valence-electron chi connectivity index (χ3n) is 4.87. The SMILES string of the molecule is Cn1nc(C(C)(C)NC(=O)[C@@H]2CN(C(=O)OC(C)(C)C)CCO2)c2c(F)cccc21. The number of carbonyl (C=O) groups is 2. The molecular weight excluding hydrogens is 391 g/mol. The fourth-order valence-electron chi connectivity index (χ4n) is 3.46. The van der Waals surface area contributed by atoms with E-state index in [0.29, 0.717) is 23.1 Å². The molecule has 0 unspecified atom stereocenters. The first-order chi connectivity index (χ1) is 13.9. The zero-order chi connectivity index (χ0) is 22.3. The summed E-state index contributed by atoms with van der Waals surface area (Å²) in [5.74, 6) is -0.800. The standard InChI is InChI=1S/C21H29FN4O4/c1-20(2,3)30-19(28)26-10-11-29-15(12-26)18(27)23-21(4,5)17-16-13(22)8-7-9-14(16)25(6)24-17/h7-9,15H,10-12H2,1-6H3,(H,23,27)/t15-/m0/s1. The van der Waals surface area contributed by atoms with E-state index in [1.54, 1.807) is 58.5 Å². The van der Waals surface area contributed by atoms with E-state index in [4.69, 9.17) is 9.47 Å². The van der Waals surface area contributed by atoms with E-state index in [0.717, 1.165) is 0 Å². The molecule has 9 heteroatoms. The van der Waals surface area contributed by atoms with Crippen molar-refractivity contribution in [2.24, 2.45) is 7.05 Å². The van der Waals surface area contributed by atoms with Crippen LogP contribution >= 0.6 is 0 Å². The molecule has 1 N–H and O–H groups in total. The summed E-state index contributed by atoms with van der Waals surface area (Å²) < 4.78 is 27.1. The molecule has 0 bridgehead atoms. The lowest BCUT2D eigenvalue weighted by Gasteiger charge is -2.35. The van der Waals surface area contributed by atoms with E-state index in [-0.39, 0.29) is 13.2 Å². The predicted molar refractivity (Wildman–Crippen MR) is 109 cm³/mol. The first-order valence-corrected chi connectivity index (χ1v) is 9.92. The molecule has 1 atom stereocenters. The normalized spacial score (nSPS) is 17.8. The number of fused-ring (bicyclic) bond motifs is 1. The maximum absolute atomic E-state index is 14.5. The Morgan fingerprint density at radius 3 is 2.63 bits per heavy atom. The molecule has 1 aliphatic rings. The first kappa shape index (κ1) is 22.0. The Labute approximate surface area is 175 Å². The van der Waals surface area contributed by atoms with Gasteiger partial charge in [0, 0.05) is 13.6 Å². The number of amides is 2. The minimum absolute atomic E-state index is 0.0775. The molecule has 3 rings (SSSR count). The van der Waals surface area contributed by atoms with Crippen molar-refractivity contribution in [3.63, 3.8) is 0 Å². The molecule has 1 aromatic carbocycles. The summed E-state index contributed by atoms with van der Waals surface area (Å²) in [7, 11) is 1.73. The molecule has 8 nitrogen and oxygen atoms in total. The van der Waals surface area contributed by atoms with Crippen LogP contribution in [0.2, 0.25) is 0 Å². The molecule has 0 spiro atoms. The molecule has 164 valence electrons. The van der Waals surface area contributed by atoms with Crippen molar-refractivity contribution in [3.05, 3.63) is 29.7 Å². The summed E-state index contributed by atoms with van der Waals surface area (Å²) in [5, 5.41) is 7.70. The van der Waals surface area contributed by atoms with Gasteiger partial charge in [0.15, 0.2) is 6.10 Å². The van der Waals surface area contributed by atoms with Gasteiger partial charge in [-0.15, -0.1) is 0 Å². The second kappa shape index (κ2) is 7.86. The minimum Gasteiger partial charge on any atom is -0.444 e. The molecule has 1 saturated heterocycles. The molecule has 2 amide bonds. The Morgan fingerprint density at radius 1 is 1.27 bits per heavy atom. The Hall–Kier alpha value is -2.68. The van der Waals surface area contributed by atoms with Crippen LogP contribution in [-0.4, -0.2) is 58.1 Å². The topological polar surface area (TPSA) is 85.7 Å². The summed E-state index contributed by atoms with van der Waals surface area (Å²) in [6, 6.07) is 4.76. The number of ether oxygens (including phenoxy) is 2. The highest BCUT2D eigenvalue weighted by molar-refractivity contribution is 5.86. The second-order valence-corrected chi connectivity index (χ2v) is 9.01. The quantitative estimate of drug-likeness (QED) is 0.825. The van der Waals surface area contributed by atoms with E-state index in [2.05, 4.69) is 10.4 Å². The summed E-state index contributed by atoms with van der Waals surface area (Å²) >= 11 is 0. The molecule has 1 aromatic heterocycles. The van der Waals surface area contributed by atoms with Crippen LogP contribution in [0.15, 0.2) is 18.2 Å². The van der Waals surface area contributed by atoms with Gasteiger partial charge in [0.05, 0.1) is 35.3 Å². The number of morpholine rings is 1. The summed E-state index contributed by atoms with van der Waals surface area (Å²) in [4.78, 5) is 26.7. The van der Waals surface area contributed by atoms with Crippen LogP contribution in [-0.2, 0) is 26.9 Å². The lowest BCUT2D eigenvalue weighted by atomic mass is 9.96. The second-order valence-electron chi connectivity index (χ2n) is 9.01. The average Bonchev–Trinajstić information content (AvgIpc) is 2.99. The molecule has 30 heavy (non-hydrogen) atoms. The van der Waals surface area contributed by atoms with Crippen molar-refractivity contribution in [2.45, 2.75) is 51.9 Å².